The maximum absolute atomic E-state index is 12.3. The molecule has 0 spiro atoms. The Kier molecular flexibility index (Phi) is 4.33. The van der Waals surface area contributed by atoms with Crippen molar-refractivity contribution < 1.29 is 14.2 Å². The normalized spacial score (nSPS) is 15.9. The van der Waals surface area contributed by atoms with Crippen molar-refractivity contribution in [3.63, 3.8) is 0 Å². The molecule has 0 bridgehead atoms. The van der Waals surface area contributed by atoms with E-state index in [4.69, 9.17) is 4.74 Å². The second-order valence-electron chi connectivity index (χ2n) is 4.80. The highest BCUT2D eigenvalue weighted by atomic mass is 19.1. The molecule has 0 saturated heterocycles. The molecule has 1 atom stereocenters. The van der Waals surface area contributed by atoms with Crippen LogP contribution in [0.1, 0.15) is 34.1 Å². The lowest BCUT2D eigenvalue weighted by atomic mass is 9.77. The average molecular weight is 192 g/mol. The second kappa shape index (κ2) is 4.38. The smallest absolute Gasteiger partial charge is 0.116 e. The Morgan fingerprint density at radius 1 is 1.31 bits per heavy atom. The zero-order chi connectivity index (χ0) is 10.7. The summed E-state index contributed by atoms with van der Waals surface area (Å²) in [5.41, 5.74) is -0.770. The largest absolute Gasteiger partial charge is 0.390 e. The van der Waals surface area contributed by atoms with E-state index < -0.39 is 18.2 Å². The zero-order valence-electron chi connectivity index (χ0n) is 9.22. The summed E-state index contributed by atoms with van der Waals surface area (Å²) in [7, 11) is 1.62. The van der Waals surface area contributed by atoms with E-state index >= 15 is 0 Å². The van der Waals surface area contributed by atoms with Crippen LogP contribution in [0.15, 0.2) is 0 Å². The fourth-order valence-electron chi connectivity index (χ4n) is 1.50. The van der Waals surface area contributed by atoms with Crippen molar-refractivity contribution in [1.29, 1.82) is 0 Å². The number of halogens is 1. The molecule has 0 amide bonds. The third-order valence-electron chi connectivity index (χ3n) is 2.48. The Hall–Kier alpha value is -0.150. The van der Waals surface area contributed by atoms with E-state index in [1.54, 1.807) is 7.11 Å². The van der Waals surface area contributed by atoms with Crippen molar-refractivity contribution in [2.45, 2.75) is 45.8 Å². The van der Waals surface area contributed by atoms with E-state index in [1.807, 2.05) is 27.7 Å². The van der Waals surface area contributed by atoms with Crippen LogP contribution in [-0.2, 0) is 4.74 Å². The fourth-order valence-corrected chi connectivity index (χ4v) is 1.50. The summed E-state index contributed by atoms with van der Waals surface area (Å²) in [5, 5.41) is 9.41. The van der Waals surface area contributed by atoms with Crippen LogP contribution in [-0.4, -0.2) is 30.6 Å². The maximum atomic E-state index is 12.3. The van der Waals surface area contributed by atoms with E-state index in [9.17, 15) is 9.50 Å². The minimum atomic E-state index is -0.915. The van der Waals surface area contributed by atoms with E-state index in [2.05, 4.69) is 0 Å². The molecule has 1 unspecified atom stereocenters. The Morgan fingerprint density at radius 2 is 1.77 bits per heavy atom. The fraction of sp³-hybridized carbons (Fsp3) is 1.00. The second-order valence-corrected chi connectivity index (χ2v) is 4.80. The third-order valence-corrected chi connectivity index (χ3v) is 2.48. The topological polar surface area (TPSA) is 29.5 Å². The van der Waals surface area contributed by atoms with Gasteiger partial charge in [-0.25, -0.2) is 4.39 Å². The molecule has 13 heavy (non-hydrogen) atoms. The highest BCUT2D eigenvalue weighted by Crippen LogP contribution is 2.33. The van der Waals surface area contributed by atoms with Gasteiger partial charge in [0.05, 0.1) is 11.7 Å². The Labute approximate surface area is 80.1 Å². The molecule has 1 N–H and O–H groups in total. The van der Waals surface area contributed by atoms with Gasteiger partial charge in [0.15, 0.2) is 0 Å². The summed E-state index contributed by atoms with van der Waals surface area (Å²) < 4.78 is 17.5. The monoisotopic (exact) mass is 192 g/mol. The van der Waals surface area contributed by atoms with Gasteiger partial charge in [0.1, 0.15) is 6.67 Å². The standard InChI is InChI=1S/C10H21FO2/c1-9(2,8(12)6-11)7-10(3,4)13-5/h8,12H,6-7H2,1-5H3. The number of hydrogen-bond donors (Lipinski definition) is 1. The van der Waals surface area contributed by atoms with Crippen LogP contribution < -0.4 is 0 Å². The van der Waals surface area contributed by atoms with Crippen LogP contribution in [0.4, 0.5) is 4.39 Å². The first-order chi connectivity index (χ1) is 5.75. The van der Waals surface area contributed by atoms with Crippen LogP contribution in [0.25, 0.3) is 0 Å². The zero-order valence-corrected chi connectivity index (χ0v) is 9.22. The van der Waals surface area contributed by atoms with E-state index in [-0.39, 0.29) is 5.60 Å². The summed E-state index contributed by atoms with van der Waals surface area (Å²) in [6, 6.07) is 0. The molecule has 0 rings (SSSR count). The lowest BCUT2D eigenvalue weighted by molar-refractivity contribution is -0.0561. The first-order valence-corrected chi connectivity index (χ1v) is 4.54. The predicted molar refractivity (Wildman–Crippen MR) is 51.5 cm³/mol. The number of alkyl halides is 1. The lowest BCUT2D eigenvalue weighted by Gasteiger charge is -2.36. The molecule has 3 heteroatoms. The number of methoxy groups -OCH3 is 1. The molecule has 0 fully saturated rings. The van der Waals surface area contributed by atoms with Gasteiger partial charge in [-0.1, -0.05) is 13.8 Å². The first kappa shape index (κ1) is 12.8. The van der Waals surface area contributed by atoms with Gasteiger partial charge in [-0.05, 0) is 25.7 Å². The highest BCUT2D eigenvalue weighted by molar-refractivity contribution is 4.84. The molecule has 0 aliphatic rings. The van der Waals surface area contributed by atoms with E-state index in [0.717, 1.165) is 0 Å². The summed E-state index contributed by atoms with van der Waals surface area (Å²) >= 11 is 0. The Balaban J connectivity index is 4.32. The molecule has 0 aliphatic carbocycles. The molecular weight excluding hydrogens is 171 g/mol. The van der Waals surface area contributed by atoms with Crippen LogP contribution in [0, 0.1) is 5.41 Å². The quantitative estimate of drug-likeness (QED) is 0.723. The van der Waals surface area contributed by atoms with E-state index in [0.29, 0.717) is 6.42 Å². The molecule has 2 nitrogen and oxygen atoms in total. The van der Waals surface area contributed by atoms with Gasteiger partial charge in [-0.3, -0.25) is 0 Å². The molecule has 80 valence electrons. The van der Waals surface area contributed by atoms with Crippen molar-refractivity contribution >= 4 is 0 Å². The summed E-state index contributed by atoms with van der Waals surface area (Å²) in [5.74, 6) is 0. The SMILES string of the molecule is COC(C)(C)CC(C)(C)C(O)CF. The van der Waals surface area contributed by atoms with E-state index in [1.165, 1.54) is 0 Å². The molecule has 0 heterocycles. The molecule has 0 aromatic heterocycles. The van der Waals surface area contributed by atoms with Crippen molar-refractivity contribution in [3.8, 4) is 0 Å². The number of ether oxygens (including phenoxy) is 1. The molecular formula is C10H21FO2. The van der Waals surface area contributed by atoms with Crippen molar-refractivity contribution in [3.05, 3.63) is 0 Å². The summed E-state index contributed by atoms with van der Waals surface area (Å²) in [6.07, 6.45) is -0.288. The highest BCUT2D eigenvalue weighted by Gasteiger charge is 2.34. The molecule has 0 aliphatic heterocycles. The average Bonchev–Trinajstić information content (AvgIpc) is 2.01. The van der Waals surface area contributed by atoms with Gasteiger partial charge in [-0.15, -0.1) is 0 Å². The minimum absolute atomic E-state index is 0.320. The van der Waals surface area contributed by atoms with Crippen molar-refractivity contribution in [2.75, 3.05) is 13.8 Å². The summed E-state index contributed by atoms with van der Waals surface area (Å²) in [6.45, 7) is 6.85. The Morgan fingerprint density at radius 3 is 2.08 bits per heavy atom. The predicted octanol–water partition coefficient (Wildman–Crippen LogP) is 2.16. The van der Waals surface area contributed by atoms with Gasteiger partial charge in [0, 0.05) is 7.11 Å². The number of rotatable bonds is 5. The number of aliphatic hydroxyl groups excluding tert-OH is 1. The van der Waals surface area contributed by atoms with Crippen molar-refractivity contribution in [1.82, 2.24) is 0 Å². The Bertz CT molecular complexity index is 155. The lowest BCUT2D eigenvalue weighted by Crippen LogP contribution is -2.39. The van der Waals surface area contributed by atoms with Crippen LogP contribution in [0.2, 0.25) is 0 Å². The van der Waals surface area contributed by atoms with Gasteiger partial charge in [0.2, 0.25) is 0 Å². The number of aliphatic hydroxyl groups is 1. The molecule has 0 radical (unpaired) electrons. The molecule has 0 aromatic rings. The number of hydrogen-bond acceptors (Lipinski definition) is 2. The van der Waals surface area contributed by atoms with Gasteiger partial charge in [0.25, 0.3) is 0 Å². The van der Waals surface area contributed by atoms with Crippen LogP contribution >= 0.6 is 0 Å². The van der Waals surface area contributed by atoms with Gasteiger partial charge >= 0.3 is 0 Å². The molecule has 0 saturated carbocycles. The molecule has 0 aromatic carbocycles. The van der Waals surface area contributed by atoms with Crippen LogP contribution in [0.5, 0.6) is 0 Å². The van der Waals surface area contributed by atoms with Gasteiger partial charge < -0.3 is 9.84 Å². The van der Waals surface area contributed by atoms with Crippen LogP contribution in [0.3, 0.4) is 0 Å². The third kappa shape index (κ3) is 4.05. The summed E-state index contributed by atoms with van der Waals surface area (Å²) in [4.78, 5) is 0. The maximum Gasteiger partial charge on any atom is 0.116 e. The first-order valence-electron chi connectivity index (χ1n) is 4.54. The van der Waals surface area contributed by atoms with Gasteiger partial charge in [-0.2, -0.15) is 0 Å². The van der Waals surface area contributed by atoms with Crippen molar-refractivity contribution in [2.24, 2.45) is 5.41 Å². The minimum Gasteiger partial charge on any atom is -0.390 e.